The summed E-state index contributed by atoms with van der Waals surface area (Å²) in [4.78, 5) is 15.4. The summed E-state index contributed by atoms with van der Waals surface area (Å²) in [6, 6.07) is 4.33. The predicted octanol–water partition coefficient (Wildman–Crippen LogP) is 1.93. The lowest BCUT2D eigenvalue weighted by Crippen LogP contribution is -2.20. The number of hydrogen-bond donors (Lipinski definition) is 2. The SMILES string of the molecule is O=C(/C=C/c1c(F)cccc1Cl)NCc1ncn[nH]1. The molecule has 1 aromatic carbocycles. The van der Waals surface area contributed by atoms with Crippen LogP contribution in [-0.2, 0) is 11.3 Å². The average molecular weight is 281 g/mol. The van der Waals surface area contributed by atoms with Gasteiger partial charge in [0.2, 0.25) is 5.91 Å². The molecule has 1 amide bonds. The fraction of sp³-hybridized carbons (Fsp3) is 0.0833. The Bertz CT molecular complexity index is 578. The van der Waals surface area contributed by atoms with E-state index < -0.39 is 5.82 Å². The number of nitrogens with zero attached hydrogens (tertiary/aromatic N) is 2. The minimum Gasteiger partial charge on any atom is -0.345 e. The standard InChI is InChI=1S/C12H10ClFN4O/c13-9-2-1-3-10(14)8(9)4-5-12(19)15-6-11-16-7-17-18-11/h1-5,7H,6H2,(H,15,19)(H,16,17,18)/b5-4+. The van der Waals surface area contributed by atoms with Gasteiger partial charge in [0.25, 0.3) is 0 Å². The third-order valence-corrected chi connectivity index (χ3v) is 2.63. The molecule has 0 spiro atoms. The van der Waals surface area contributed by atoms with Crippen molar-refractivity contribution in [3.63, 3.8) is 0 Å². The molecule has 0 radical (unpaired) electrons. The highest BCUT2D eigenvalue weighted by Crippen LogP contribution is 2.20. The van der Waals surface area contributed by atoms with Crippen molar-refractivity contribution in [1.82, 2.24) is 20.5 Å². The number of aromatic nitrogens is 3. The van der Waals surface area contributed by atoms with E-state index in [-0.39, 0.29) is 23.0 Å². The third kappa shape index (κ3) is 3.62. The average Bonchev–Trinajstić information content (AvgIpc) is 2.89. The second kappa shape index (κ2) is 6.10. The van der Waals surface area contributed by atoms with E-state index >= 15 is 0 Å². The number of carbonyl (C=O) groups is 1. The molecule has 0 saturated heterocycles. The first kappa shape index (κ1) is 13.2. The van der Waals surface area contributed by atoms with E-state index in [2.05, 4.69) is 20.5 Å². The van der Waals surface area contributed by atoms with Crippen molar-refractivity contribution < 1.29 is 9.18 Å². The molecule has 98 valence electrons. The Morgan fingerprint density at radius 1 is 1.53 bits per heavy atom. The van der Waals surface area contributed by atoms with Gasteiger partial charge in [-0.3, -0.25) is 9.89 Å². The van der Waals surface area contributed by atoms with E-state index in [1.54, 1.807) is 6.07 Å². The molecule has 0 saturated carbocycles. The maximum Gasteiger partial charge on any atom is 0.244 e. The van der Waals surface area contributed by atoms with Crippen LogP contribution in [-0.4, -0.2) is 21.1 Å². The number of aromatic amines is 1. The van der Waals surface area contributed by atoms with Gasteiger partial charge in [0.05, 0.1) is 11.6 Å². The summed E-state index contributed by atoms with van der Waals surface area (Å²) >= 11 is 5.83. The second-order valence-corrected chi connectivity index (χ2v) is 4.03. The molecule has 1 aromatic heterocycles. The third-order valence-electron chi connectivity index (χ3n) is 2.30. The molecule has 2 aromatic rings. The van der Waals surface area contributed by atoms with Gasteiger partial charge in [-0.2, -0.15) is 5.10 Å². The van der Waals surface area contributed by atoms with Gasteiger partial charge in [-0.25, -0.2) is 9.37 Å². The van der Waals surface area contributed by atoms with E-state index in [0.29, 0.717) is 5.82 Å². The van der Waals surface area contributed by atoms with E-state index in [0.717, 1.165) is 0 Å². The summed E-state index contributed by atoms with van der Waals surface area (Å²) in [5.41, 5.74) is 0.180. The largest absolute Gasteiger partial charge is 0.345 e. The highest BCUT2D eigenvalue weighted by Gasteiger charge is 2.04. The highest BCUT2D eigenvalue weighted by atomic mass is 35.5. The zero-order valence-electron chi connectivity index (χ0n) is 9.73. The Labute approximate surface area is 113 Å². The molecule has 5 nitrogen and oxygen atoms in total. The number of nitrogens with one attached hydrogen (secondary N) is 2. The van der Waals surface area contributed by atoms with E-state index in [1.807, 2.05) is 0 Å². The fourth-order valence-corrected chi connectivity index (χ4v) is 1.60. The van der Waals surface area contributed by atoms with Crippen LogP contribution in [0.3, 0.4) is 0 Å². The Morgan fingerprint density at radius 3 is 3.05 bits per heavy atom. The van der Waals surface area contributed by atoms with Gasteiger partial charge in [0.15, 0.2) is 0 Å². The Hall–Kier alpha value is -2.21. The predicted molar refractivity (Wildman–Crippen MR) is 68.7 cm³/mol. The highest BCUT2D eigenvalue weighted by molar-refractivity contribution is 6.32. The summed E-state index contributed by atoms with van der Waals surface area (Å²) in [7, 11) is 0. The number of carbonyl (C=O) groups excluding carboxylic acids is 1. The number of rotatable bonds is 4. The molecule has 0 fully saturated rings. The van der Waals surface area contributed by atoms with Crippen molar-refractivity contribution in [1.29, 1.82) is 0 Å². The Morgan fingerprint density at radius 2 is 2.37 bits per heavy atom. The van der Waals surface area contributed by atoms with Crippen molar-refractivity contribution in [3.05, 3.63) is 52.8 Å². The van der Waals surface area contributed by atoms with Crippen molar-refractivity contribution in [2.45, 2.75) is 6.54 Å². The minimum atomic E-state index is -0.480. The first-order valence-corrected chi connectivity index (χ1v) is 5.79. The van der Waals surface area contributed by atoms with Crippen LogP contribution in [0.5, 0.6) is 0 Å². The first-order valence-electron chi connectivity index (χ1n) is 5.41. The lowest BCUT2D eigenvalue weighted by atomic mass is 10.2. The first-order chi connectivity index (χ1) is 9.16. The van der Waals surface area contributed by atoms with Crippen molar-refractivity contribution in [2.75, 3.05) is 0 Å². The van der Waals surface area contributed by atoms with Gasteiger partial charge in [0.1, 0.15) is 18.0 Å². The van der Waals surface area contributed by atoms with E-state index in [4.69, 9.17) is 11.6 Å². The maximum absolute atomic E-state index is 13.4. The van der Waals surface area contributed by atoms with Crippen molar-refractivity contribution in [3.8, 4) is 0 Å². The Balaban J connectivity index is 1.96. The molecule has 1 heterocycles. The molecule has 0 unspecified atom stereocenters. The van der Waals surface area contributed by atoms with E-state index in [1.165, 1.54) is 30.6 Å². The number of benzene rings is 1. The maximum atomic E-state index is 13.4. The monoisotopic (exact) mass is 280 g/mol. The molecule has 0 aliphatic carbocycles. The Kier molecular flexibility index (Phi) is 4.25. The van der Waals surface area contributed by atoms with Crippen LogP contribution in [0.1, 0.15) is 11.4 Å². The number of halogens is 2. The summed E-state index contributed by atoms with van der Waals surface area (Å²) in [6.45, 7) is 0.216. The normalized spacial score (nSPS) is 10.8. The smallest absolute Gasteiger partial charge is 0.244 e. The second-order valence-electron chi connectivity index (χ2n) is 3.62. The summed E-state index contributed by atoms with van der Waals surface area (Å²) in [5.74, 6) is -0.326. The van der Waals surface area contributed by atoms with Gasteiger partial charge < -0.3 is 5.32 Å². The van der Waals surface area contributed by atoms with Crippen LogP contribution in [0.2, 0.25) is 5.02 Å². The lowest BCUT2D eigenvalue weighted by molar-refractivity contribution is -0.116. The molecule has 0 atom stereocenters. The van der Waals surface area contributed by atoms with Crippen LogP contribution in [0.25, 0.3) is 6.08 Å². The molecular weight excluding hydrogens is 271 g/mol. The lowest BCUT2D eigenvalue weighted by Gasteiger charge is -2.00. The number of amides is 1. The molecular formula is C12H10ClFN4O. The molecule has 7 heteroatoms. The molecule has 0 aliphatic heterocycles. The van der Waals surface area contributed by atoms with Gasteiger partial charge in [0, 0.05) is 11.6 Å². The number of hydrogen-bond acceptors (Lipinski definition) is 3. The van der Waals surface area contributed by atoms with Crippen molar-refractivity contribution >= 4 is 23.6 Å². The number of H-pyrrole nitrogens is 1. The molecule has 2 rings (SSSR count). The summed E-state index contributed by atoms with van der Waals surface area (Å²) in [5, 5.41) is 9.07. The van der Waals surface area contributed by atoms with Gasteiger partial charge in [-0.05, 0) is 18.2 Å². The van der Waals surface area contributed by atoms with Crippen LogP contribution < -0.4 is 5.32 Å². The zero-order chi connectivity index (χ0) is 13.7. The fourth-order valence-electron chi connectivity index (χ4n) is 1.37. The summed E-state index contributed by atoms with van der Waals surface area (Å²) < 4.78 is 13.4. The molecule has 0 aliphatic rings. The molecule has 0 bridgehead atoms. The van der Waals surface area contributed by atoms with Gasteiger partial charge in [-0.15, -0.1) is 0 Å². The summed E-state index contributed by atoms with van der Waals surface area (Å²) in [6.07, 6.45) is 3.88. The van der Waals surface area contributed by atoms with Crippen LogP contribution >= 0.6 is 11.6 Å². The van der Waals surface area contributed by atoms with Crippen LogP contribution in [0.4, 0.5) is 4.39 Å². The zero-order valence-corrected chi connectivity index (χ0v) is 10.5. The molecule has 2 N–H and O–H groups in total. The minimum absolute atomic E-state index is 0.180. The van der Waals surface area contributed by atoms with Gasteiger partial charge >= 0.3 is 0 Å². The van der Waals surface area contributed by atoms with Crippen LogP contribution in [0.15, 0.2) is 30.6 Å². The molecule has 19 heavy (non-hydrogen) atoms. The van der Waals surface area contributed by atoms with Crippen molar-refractivity contribution in [2.24, 2.45) is 0 Å². The van der Waals surface area contributed by atoms with E-state index in [9.17, 15) is 9.18 Å². The van der Waals surface area contributed by atoms with Gasteiger partial charge in [-0.1, -0.05) is 17.7 Å². The topological polar surface area (TPSA) is 70.7 Å². The van der Waals surface area contributed by atoms with Crippen LogP contribution in [0, 0.1) is 5.82 Å². The quantitative estimate of drug-likeness (QED) is 0.841.